The smallest absolute Gasteiger partial charge is 0.255 e. The molecule has 0 atom stereocenters. The summed E-state index contributed by atoms with van der Waals surface area (Å²) >= 11 is 9.18. The van der Waals surface area contributed by atoms with Crippen molar-refractivity contribution >= 4 is 33.4 Å². The topological polar surface area (TPSA) is 40.5 Å². The first kappa shape index (κ1) is 12.5. The van der Waals surface area contributed by atoms with Gasteiger partial charge in [-0.1, -0.05) is 27.5 Å². The maximum absolute atomic E-state index is 11.8. The molecule has 82 valence electrons. The average Bonchev–Trinajstić information content (AvgIpc) is 2.21. The Morgan fingerprint density at radius 2 is 2.27 bits per heavy atom. The Balaban J connectivity index is 2.95. The van der Waals surface area contributed by atoms with Crippen LogP contribution in [0.15, 0.2) is 22.7 Å². The van der Waals surface area contributed by atoms with Gasteiger partial charge in [-0.2, -0.15) is 0 Å². The molecule has 0 heterocycles. The molecule has 0 saturated heterocycles. The number of aliphatic hydroxyl groups excluding tert-OH is 1. The predicted molar refractivity (Wildman–Crippen MR) is 63.2 cm³/mol. The first-order chi connectivity index (χ1) is 7.06. The average molecular weight is 293 g/mol. The summed E-state index contributed by atoms with van der Waals surface area (Å²) in [6.07, 6.45) is 0. The largest absolute Gasteiger partial charge is 0.395 e. The third-order valence-electron chi connectivity index (χ3n) is 1.94. The molecule has 0 aliphatic carbocycles. The number of nitrogens with zero attached hydrogens (tertiary/aromatic N) is 1. The highest BCUT2D eigenvalue weighted by atomic mass is 79.9. The molecule has 5 heteroatoms. The molecule has 3 nitrogen and oxygen atoms in total. The fourth-order valence-electron chi connectivity index (χ4n) is 1.12. The molecule has 1 aromatic rings. The van der Waals surface area contributed by atoms with Crippen molar-refractivity contribution in [1.82, 2.24) is 4.90 Å². The van der Waals surface area contributed by atoms with Gasteiger partial charge in [0.05, 0.1) is 17.2 Å². The zero-order chi connectivity index (χ0) is 11.4. The van der Waals surface area contributed by atoms with Crippen LogP contribution in [-0.2, 0) is 0 Å². The van der Waals surface area contributed by atoms with Gasteiger partial charge in [-0.3, -0.25) is 4.79 Å². The molecule has 0 saturated carbocycles. The van der Waals surface area contributed by atoms with Crippen LogP contribution in [0.3, 0.4) is 0 Å². The van der Waals surface area contributed by atoms with Gasteiger partial charge in [0.1, 0.15) is 0 Å². The maximum atomic E-state index is 11.8. The molecule has 0 aliphatic heterocycles. The van der Waals surface area contributed by atoms with Crippen molar-refractivity contribution in [3.8, 4) is 0 Å². The standard InChI is InChI=1S/C10H11BrClNO2/c1-13(4-5-14)10(15)8-6-7(11)2-3-9(8)12/h2-3,6,14H,4-5H2,1H3. The molecule has 0 spiro atoms. The summed E-state index contributed by atoms with van der Waals surface area (Å²) in [7, 11) is 1.62. The van der Waals surface area contributed by atoms with E-state index in [2.05, 4.69) is 15.9 Å². The van der Waals surface area contributed by atoms with Crippen LogP contribution in [0.1, 0.15) is 10.4 Å². The van der Waals surface area contributed by atoms with Gasteiger partial charge in [0.15, 0.2) is 0 Å². The zero-order valence-corrected chi connectivity index (χ0v) is 10.5. The SMILES string of the molecule is CN(CCO)C(=O)c1cc(Br)ccc1Cl. The van der Waals surface area contributed by atoms with Crippen LogP contribution in [0.4, 0.5) is 0 Å². The molecule has 15 heavy (non-hydrogen) atoms. The number of carbonyl (C=O) groups is 1. The summed E-state index contributed by atoms with van der Waals surface area (Å²) < 4.78 is 0.799. The Kier molecular flexibility index (Phi) is 4.57. The van der Waals surface area contributed by atoms with Crippen LogP contribution in [0.2, 0.25) is 5.02 Å². The lowest BCUT2D eigenvalue weighted by molar-refractivity contribution is 0.0767. The third-order valence-corrected chi connectivity index (χ3v) is 2.76. The van der Waals surface area contributed by atoms with Gasteiger partial charge in [0.2, 0.25) is 0 Å². The zero-order valence-electron chi connectivity index (χ0n) is 8.20. The second-order valence-corrected chi connectivity index (χ2v) is 4.40. The van der Waals surface area contributed by atoms with Gasteiger partial charge in [-0.05, 0) is 18.2 Å². The van der Waals surface area contributed by atoms with E-state index in [1.165, 1.54) is 4.90 Å². The van der Waals surface area contributed by atoms with Crippen LogP contribution in [-0.4, -0.2) is 36.1 Å². The second kappa shape index (κ2) is 5.49. The van der Waals surface area contributed by atoms with E-state index in [1.807, 2.05) is 0 Å². The van der Waals surface area contributed by atoms with E-state index in [9.17, 15) is 4.79 Å². The molecular formula is C10H11BrClNO2. The lowest BCUT2D eigenvalue weighted by Crippen LogP contribution is -2.29. The molecule has 0 bridgehead atoms. The van der Waals surface area contributed by atoms with Crippen molar-refractivity contribution in [2.75, 3.05) is 20.2 Å². The molecule has 1 amide bonds. The normalized spacial score (nSPS) is 10.1. The molecule has 1 rings (SSSR count). The van der Waals surface area contributed by atoms with E-state index in [4.69, 9.17) is 16.7 Å². The van der Waals surface area contributed by atoms with Crippen molar-refractivity contribution in [2.24, 2.45) is 0 Å². The molecule has 0 unspecified atom stereocenters. The van der Waals surface area contributed by atoms with Crippen molar-refractivity contribution in [1.29, 1.82) is 0 Å². The fraction of sp³-hybridized carbons (Fsp3) is 0.300. The summed E-state index contributed by atoms with van der Waals surface area (Å²) in [5, 5.41) is 9.13. The summed E-state index contributed by atoms with van der Waals surface area (Å²) in [4.78, 5) is 13.2. The van der Waals surface area contributed by atoms with Gasteiger partial charge >= 0.3 is 0 Å². The second-order valence-electron chi connectivity index (χ2n) is 3.07. The van der Waals surface area contributed by atoms with Gasteiger partial charge in [0.25, 0.3) is 5.91 Å². The van der Waals surface area contributed by atoms with E-state index >= 15 is 0 Å². The van der Waals surface area contributed by atoms with Gasteiger partial charge < -0.3 is 10.0 Å². The molecule has 0 radical (unpaired) electrons. The lowest BCUT2D eigenvalue weighted by Gasteiger charge is -2.16. The molecule has 0 aromatic heterocycles. The Morgan fingerprint density at radius 1 is 1.60 bits per heavy atom. The van der Waals surface area contributed by atoms with Gasteiger partial charge in [0, 0.05) is 18.1 Å². The van der Waals surface area contributed by atoms with Crippen LogP contribution < -0.4 is 0 Å². The fourth-order valence-corrected chi connectivity index (χ4v) is 1.68. The number of amides is 1. The van der Waals surface area contributed by atoms with E-state index in [0.717, 1.165) is 4.47 Å². The number of benzene rings is 1. The van der Waals surface area contributed by atoms with Crippen molar-refractivity contribution in [3.63, 3.8) is 0 Å². The number of hydrogen-bond acceptors (Lipinski definition) is 2. The monoisotopic (exact) mass is 291 g/mol. The quantitative estimate of drug-likeness (QED) is 0.927. The van der Waals surface area contributed by atoms with E-state index in [0.29, 0.717) is 17.1 Å². The Bertz CT molecular complexity index is 370. The number of rotatable bonds is 3. The van der Waals surface area contributed by atoms with Crippen molar-refractivity contribution in [2.45, 2.75) is 0 Å². The Hall–Kier alpha value is -0.580. The highest BCUT2D eigenvalue weighted by Gasteiger charge is 2.14. The Labute approximate surface area is 102 Å². The highest BCUT2D eigenvalue weighted by molar-refractivity contribution is 9.10. The summed E-state index contributed by atoms with van der Waals surface area (Å²) in [6.45, 7) is 0.232. The van der Waals surface area contributed by atoms with Crippen LogP contribution in [0, 0.1) is 0 Å². The van der Waals surface area contributed by atoms with Crippen LogP contribution in [0.25, 0.3) is 0 Å². The molecular weight excluding hydrogens is 281 g/mol. The number of hydrogen-bond donors (Lipinski definition) is 1. The summed E-state index contributed by atoms with van der Waals surface area (Å²) in [6, 6.07) is 5.09. The van der Waals surface area contributed by atoms with E-state index in [1.54, 1.807) is 25.2 Å². The first-order valence-corrected chi connectivity index (χ1v) is 5.54. The number of aliphatic hydroxyl groups is 1. The van der Waals surface area contributed by atoms with Gasteiger partial charge in [-0.25, -0.2) is 0 Å². The van der Waals surface area contributed by atoms with Crippen LogP contribution in [0.5, 0.6) is 0 Å². The maximum Gasteiger partial charge on any atom is 0.255 e. The minimum Gasteiger partial charge on any atom is -0.395 e. The Morgan fingerprint density at radius 3 is 2.87 bits per heavy atom. The third kappa shape index (κ3) is 3.19. The molecule has 1 N–H and O–H groups in total. The number of likely N-dealkylation sites (N-methyl/N-ethyl adjacent to an activating group) is 1. The van der Waals surface area contributed by atoms with Crippen LogP contribution >= 0.6 is 27.5 Å². The van der Waals surface area contributed by atoms with Crippen molar-refractivity contribution in [3.05, 3.63) is 33.3 Å². The summed E-state index contributed by atoms with van der Waals surface area (Å²) in [5.41, 5.74) is 0.432. The highest BCUT2D eigenvalue weighted by Crippen LogP contribution is 2.21. The van der Waals surface area contributed by atoms with E-state index in [-0.39, 0.29) is 12.5 Å². The predicted octanol–water partition coefficient (Wildman–Crippen LogP) is 2.17. The van der Waals surface area contributed by atoms with Gasteiger partial charge in [-0.15, -0.1) is 0 Å². The summed E-state index contributed by atoms with van der Waals surface area (Å²) in [5.74, 6) is -0.199. The van der Waals surface area contributed by atoms with Crippen molar-refractivity contribution < 1.29 is 9.90 Å². The van der Waals surface area contributed by atoms with E-state index < -0.39 is 0 Å². The minimum atomic E-state index is -0.199. The number of carbonyl (C=O) groups excluding carboxylic acids is 1. The lowest BCUT2D eigenvalue weighted by atomic mass is 10.2. The molecule has 1 aromatic carbocycles. The molecule has 0 aliphatic rings. The first-order valence-electron chi connectivity index (χ1n) is 4.37. The minimum absolute atomic E-state index is 0.0616. The number of halogens is 2. The molecule has 0 fully saturated rings.